The van der Waals surface area contributed by atoms with E-state index >= 15 is 0 Å². The molecule has 3 heteroatoms. The topological polar surface area (TPSA) is 21.3 Å². The summed E-state index contributed by atoms with van der Waals surface area (Å²) in [5.74, 6) is 0. The van der Waals surface area contributed by atoms with E-state index < -0.39 is 0 Å². The van der Waals surface area contributed by atoms with Crippen LogP contribution in [0.2, 0.25) is 0 Å². The third-order valence-corrected chi connectivity index (χ3v) is 3.59. The summed E-state index contributed by atoms with van der Waals surface area (Å²) in [7, 11) is 1.94. The van der Waals surface area contributed by atoms with Crippen molar-refractivity contribution in [3.8, 4) is 0 Å². The molecule has 0 spiro atoms. The number of rotatable bonds is 6. The lowest BCUT2D eigenvalue weighted by atomic mass is 10.1. The monoisotopic (exact) mass is 235 g/mol. The quantitative estimate of drug-likeness (QED) is 0.777. The summed E-state index contributed by atoms with van der Waals surface area (Å²) in [4.78, 5) is 0. The SMILES string of the molecule is CNCCOCCc1csc2ccccc12. The van der Waals surface area contributed by atoms with Crippen molar-refractivity contribution >= 4 is 21.4 Å². The first-order valence-electron chi connectivity index (χ1n) is 5.59. The highest BCUT2D eigenvalue weighted by molar-refractivity contribution is 7.17. The number of thiophene rings is 1. The first-order valence-corrected chi connectivity index (χ1v) is 6.47. The van der Waals surface area contributed by atoms with Crippen LogP contribution in [0.4, 0.5) is 0 Å². The normalized spacial score (nSPS) is 11.1. The van der Waals surface area contributed by atoms with Crippen molar-refractivity contribution in [2.24, 2.45) is 0 Å². The second kappa shape index (κ2) is 5.99. The van der Waals surface area contributed by atoms with Gasteiger partial charge in [-0.15, -0.1) is 11.3 Å². The van der Waals surface area contributed by atoms with Crippen LogP contribution in [0.5, 0.6) is 0 Å². The molecule has 2 rings (SSSR count). The lowest BCUT2D eigenvalue weighted by Crippen LogP contribution is -2.15. The van der Waals surface area contributed by atoms with Gasteiger partial charge in [-0.05, 0) is 35.9 Å². The second-order valence-electron chi connectivity index (χ2n) is 3.72. The zero-order chi connectivity index (χ0) is 11.2. The van der Waals surface area contributed by atoms with Crippen LogP contribution in [-0.2, 0) is 11.2 Å². The molecule has 1 heterocycles. The highest BCUT2D eigenvalue weighted by atomic mass is 32.1. The van der Waals surface area contributed by atoms with Gasteiger partial charge >= 0.3 is 0 Å². The Bertz CT molecular complexity index is 438. The van der Waals surface area contributed by atoms with Crippen molar-refractivity contribution in [3.63, 3.8) is 0 Å². The van der Waals surface area contributed by atoms with Crippen LogP contribution >= 0.6 is 11.3 Å². The minimum atomic E-state index is 0.790. The van der Waals surface area contributed by atoms with Gasteiger partial charge in [0.2, 0.25) is 0 Å². The molecule has 0 atom stereocenters. The highest BCUT2D eigenvalue weighted by Gasteiger charge is 2.02. The summed E-state index contributed by atoms with van der Waals surface area (Å²) in [5.41, 5.74) is 1.41. The van der Waals surface area contributed by atoms with E-state index in [4.69, 9.17) is 4.74 Å². The number of nitrogens with one attached hydrogen (secondary N) is 1. The van der Waals surface area contributed by atoms with E-state index in [0.717, 1.165) is 26.2 Å². The van der Waals surface area contributed by atoms with Crippen molar-refractivity contribution in [3.05, 3.63) is 35.2 Å². The Morgan fingerprint density at radius 3 is 3.00 bits per heavy atom. The molecule has 0 radical (unpaired) electrons. The van der Waals surface area contributed by atoms with E-state index in [9.17, 15) is 0 Å². The largest absolute Gasteiger partial charge is 0.380 e. The molecule has 0 unspecified atom stereocenters. The number of likely N-dealkylation sites (N-methyl/N-ethyl adjacent to an activating group) is 1. The first-order chi connectivity index (χ1) is 7.92. The molecule has 16 heavy (non-hydrogen) atoms. The molecule has 1 N–H and O–H groups in total. The van der Waals surface area contributed by atoms with E-state index in [1.165, 1.54) is 15.6 Å². The van der Waals surface area contributed by atoms with E-state index in [1.54, 1.807) is 0 Å². The number of fused-ring (bicyclic) bond motifs is 1. The van der Waals surface area contributed by atoms with Crippen molar-refractivity contribution in [1.82, 2.24) is 5.32 Å². The molecule has 0 amide bonds. The molecule has 0 aliphatic heterocycles. The van der Waals surface area contributed by atoms with Crippen molar-refractivity contribution in [2.45, 2.75) is 6.42 Å². The average Bonchev–Trinajstić information content (AvgIpc) is 2.73. The van der Waals surface area contributed by atoms with Gasteiger partial charge in [-0.3, -0.25) is 0 Å². The predicted molar refractivity (Wildman–Crippen MR) is 70.3 cm³/mol. The summed E-state index contributed by atoms with van der Waals surface area (Å²) >= 11 is 1.81. The second-order valence-corrected chi connectivity index (χ2v) is 4.63. The Morgan fingerprint density at radius 2 is 2.12 bits per heavy atom. The Labute approximate surface area is 100 Å². The van der Waals surface area contributed by atoms with Crippen LogP contribution < -0.4 is 5.32 Å². The minimum Gasteiger partial charge on any atom is -0.380 e. The van der Waals surface area contributed by atoms with Gasteiger partial charge in [0.15, 0.2) is 0 Å². The maximum Gasteiger partial charge on any atom is 0.0590 e. The number of benzene rings is 1. The Morgan fingerprint density at radius 1 is 1.25 bits per heavy atom. The summed E-state index contributed by atoms with van der Waals surface area (Å²) in [5, 5.41) is 6.69. The molecular formula is C13H17NOS. The van der Waals surface area contributed by atoms with E-state index in [0.29, 0.717) is 0 Å². The van der Waals surface area contributed by atoms with Crippen LogP contribution in [0.25, 0.3) is 10.1 Å². The molecule has 2 nitrogen and oxygen atoms in total. The molecule has 0 fully saturated rings. The number of hydrogen-bond acceptors (Lipinski definition) is 3. The fraction of sp³-hybridized carbons (Fsp3) is 0.385. The molecule has 0 bridgehead atoms. The fourth-order valence-electron chi connectivity index (χ4n) is 1.68. The van der Waals surface area contributed by atoms with Crippen molar-refractivity contribution in [1.29, 1.82) is 0 Å². The average molecular weight is 235 g/mol. The Kier molecular flexibility index (Phi) is 4.34. The molecular weight excluding hydrogens is 218 g/mol. The van der Waals surface area contributed by atoms with Crippen molar-refractivity contribution in [2.75, 3.05) is 26.8 Å². The maximum atomic E-state index is 5.54. The van der Waals surface area contributed by atoms with Gasteiger partial charge in [0.05, 0.1) is 13.2 Å². The molecule has 0 aliphatic rings. The standard InChI is InChI=1S/C13H17NOS/c1-14-7-9-15-8-6-11-10-16-13-5-3-2-4-12(11)13/h2-5,10,14H,6-9H2,1H3. The maximum absolute atomic E-state index is 5.54. The molecule has 2 aromatic rings. The van der Waals surface area contributed by atoms with Crippen LogP contribution in [0.3, 0.4) is 0 Å². The summed E-state index contributed by atoms with van der Waals surface area (Å²) < 4.78 is 6.91. The van der Waals surface area contributed by atoms with Gasteiger partial charge in [0.1, 0.15) is 0 Å². The van der Waals surface area contributed by atoms with Crippen LogP contribution in [-0.4, -0.2) is 26.8 Å². The van der Waals surface area contributed by atoms with Gasteiger partial charge < -0.3 is 10.1 Å². The van der Waals surface area contributed by atoms with Crippen LogP contribution in [0.1, 0.15) is 5.56 Å². The third kappa shape index (κ3) is 2.82. The summed E-state index contributed by atoms with van der Waals surface area (Å²) in [6.45, 7) is 2.52. The fourth-order valence-corrected chi connectivity index (χ4v) is 2.68. The van der Waals surface area contributed by atoms with Crippen LogP contribution in [0.15, 0.2) is 29.6 Å². The lowest BCUT2D eigenvalue weighted by Gasteiger charge is -2.03. The zero-order valence-corrected chi connectivity index (χ0v) is 10.3. The molecule has 0 saturated heterocycles. The van der Waals surface area contributed by atoms with Gasteiger partial charge in [-0.25, -0.2) is 0 Å². The van der Waals surface area contributed by atoms with E-state index in [1.807, 2.05) is 18.4 Å². The van der Waals surface area contributed by atoms with Gasteiger partial charge in [0.25, 0.3) is 0 Å². The number of hydrogen-bond donors (Lipinski definition) is 1. The van der Waals surface area contributed by atoms with Gasteiger partial charge in [-0.2, -0.15) is 0 Å². The van der Waals surface area contributed by atoms with Gasteiger partial charge in [-0.1, -0.05) is 18.2 Å². The zero-order valence-electron chi connectivity index (χ0n) is 9.53. The smallest absolute Gasteiger partial charge is 0.0590 e. The molecule has 1 aromatic carbocycles. The highest BCUT2D eigenvalue weighted by Crippen LogP contribution is 2.25. The predicted octanol–water partition coefficient (Wildman–Crippen LogP) is 2.68. The number of ether oxygens (including phenoxy) is 1. The van der Waals surface area contributed by atoms with E-state index in [-0.39, 0.29) is 0 Å². The lowest BCUT2D eigenvalue weighted by molar-refractivity contribution is 0.140. The van der Waals surface area contributed by atoms with Gasteiger partial charge in [0, 0.05) is 11.2 Å². The Hall–Kier alpha value is -0.900. The van der Waals surface area contributed by atoms with Crippen LogP contribution in [0, 0.1) is 0 Å². The Balaban J connectivity index is 1.89. The summed E-state index contributed by atoms with van der Waals surface area (Å²) in [6.07, 6.45) is 1.01. The minimum absolute atomic E-state index is 0.790. The third-order valence-electron chi connectivity index (χ3n) is 2.57. The molecule has 0 aliphatic carbocycles. The molecule has 0 saturated carbocycles. The molecule has 86 valence electrons. The van der Waals surface area contributed by atoms with Crippen molar-refractivity contribution < 1.29 is 4.74 Å². The first kappa shape index (κ1) is 11.6. The molecule has 1 aromatic heterocycles. The van der Waals surface area contributed by atoms with E-state index in [2.05, 4.69) is 35.0 Å². The summed E-state index contributed by atoms with van der Waals surface area (Å²) in [6, 6.07) is 8.55.